The summed E-state index contributed by atoms with van der Waals surface area (Å²) in [6, 6.07) is 6.06. The van der Waals surface area contributed by atoms with Crippen molar-refractivity contribution in [2.24, 2.45) is 0 Å². The zero-order valence-electron chi connectivity index (χ0n) is 9.25. The van der Waals surface area contributed by atoms with Crippen molar-refractivity contribution in [2.45, 2.75) is 11.8 Å². The molecule has 0 aliphatic heterocycles. The average molecular weight is 255 g/mol. The first kappa shape index (κ1) is 13.4. The Morgan fingerprint density at radius 3 is 2.76 bits per heavy atom. The molecule has 0 aliphatic rings. The Kier molecular flexibility index (Phi) is 4.42. The molecule has 92 valence electrons. The van der Waals surface area contributed by atoms with Crippen LogP contribution in [0, 0.1) is 0 Å². The Hall–Kier alpha value is -1.66. The van der Waals surface area contributed by atoms with Crippen LogP contribution in [0.4, 0.5) is 0 Å². The van der Waals surface area contributed by atoms with Gasteiger partial charge in [-0.2, -0.15) is 0 Å². The molecule has 0 fully saturated rings. The average Bonchev–Trinajstić information content (AvgIpc) is 2.27. The lowest BCUT2D eigenvalue weighted by molar-refractivity contribution is -0.131. The third-order valence-corrected chi connectivity index (χ3v) is 3.46. The molecular formula is C11H13NO4S. The van der Waals surface area contributed by atoms with E-state index < -0.39 is 16.0 Å². The smallest absolute Gasteiger partial charge is 0.328 e. The maximum Gasteiger partial charge on any atom is 0.328 e. The molecule has 0 spiro atoms. The minimum absolute atomic E-state index is 0.117. The molecule has 0 bridgehead atoms. The number of aliphatic carboxylic acids is 1. The van der Waals surface area contributed by atoms with Gasteiger partial charge >= 0.3 is 5.97 Å². The van der Waals surface area contributed by atoms with E-state index in [1.807, 2.05) is 0 Å². The first-order chi connectivity index (χ1) is 7.95. The largest absolute Gasteiger partial charge is 0.478 e. The second kappa shape index (κ2) is 5.60. The normalized spacial score (nSPS) is 11.8. The summed E-state index contributed by atoms with van der Waals surface area (Å²) in [6.07, 6.45) is 2.30. The van der Waals surface area contributed by atoms with Gasteiger partial charge in [-0.25, -0.2) is 17.9 Å². The van der Waals surface area contributed by atoms with E-state index in [0.717, 1.165) is 6.08 Å². The van der Waals surface area contributed by atoms with Crippen molar-refractivity contribution in [3.05, 3.63) is 35.9 Å². The van der Waals surface area contributed by atoms with Gasteiger partial charge in [-0.1, -0.05) is 19.1 Å². The fraction of sp³-hybridized carbons (Fsp3) is 0.182. The lowest BCUT2D eigenvalue weighted by atomic mass is 10.2. The summed E-state index contributed by atoms with van der Waals surface area (Å²) in [5.74, 6) is -1.08. The minimum atomic E-state index is -3.50. The number of carbonyl (C=O) groups is 1. The standard InChI is InChI=1S/C11H13NO4S/c1-2-12-17(15,16)10-5-3-4-9(8-10)6-7-11(13)14/h3-8,12H,2H2,1H3,(H,13,14). The first-order valence-corrected chi connectivity index (χ1v) is 6.45. The molecule has 1 aromatic carbocycles. The molecule has 0 radical (unpaired) electrons. The van der Waals surface area contributed by atoms with Crippen molar-refractivity contribution >= 4 is 22.1 Å². The summed E-state index contributed by atoms with van der Waals surface area (Å²) in [4.78, 5) is 10.5. The van der Waals surface area contributed by atoms with Crippen LogP contribution in [0.5, 0.6) is 0 Å². The predicted octanol–water partition coefficient (Wildman–Crippen LogP) is 1.08. The lowest BCUT2D eigenvalue weighted by Gasteiger charge is -2.04. The third kappa shape index (κ3) is 4.01. The monoisotopic (exact) mass is 255 g/mol. The van der Waals surface area contributed by atoms with Crippen LogP contribution < -0.4 is 4.72 Å². The van der Waals surface area contributed by atoms with Gasteiger partial charge in [0.15, 0.2) is 0 Å². The lowest BCUT2D eigenvalue weighted by Crippen LogP contribution is -2.23. The number of sulfonamides is 1. The summed E-state index contributed by atoms with van der Waals surface area (Å²) in [5, 5.41) is 8.47. The van der Waals surface area contributed by atoms with E-state index in [-0.39, 0.29) is 4.90 Å². The first-order valence-electron chi connectivity index (χ1n) is 4.96. The highest BCUT2D eigenvalue weighted by Gasteiger charge is 2.11. The summed E-state index contributed by atoms with van der Waals surface area (Å²) in [6.45, 7) is 1.99. The Morgan fingerprint density at radius 2 is 2.18 bits per heavy atom. The van der Waals surface area contributed by atoms with Gasteiger partial charge in [-0.05, 0) is 23.8 Å². The van der Waals surface area contributed by atoms with Crippen molar-refractivity contribution in [3.8, 4) is 0 Å². The van der Waals surface area contributed by atoms with Crippen LogP contribution in [-0.2, 0) is 14.8 Å². The number of hydrogen-bond donors (Lipinski definition) is 2. The highest BCUT2D eigenvalue weighted by molar-refractivity contribution is 7.89. The molecule has 0 heterocycles. The molecule has 2 N–H and O–H groups in total. The Labute approximate surface area is 99.8 Å². The summed E-state index contributed by atoms with van der Waals surface area (Å²) in [7, 11) is -3.50. The van der Waals surface area contributed by atoms with Crippen molar-refractivity contribution in [2.75, 3.05) is 6.54 Å². The van der Waals surface area contributed by atoms with Crippen LogP contribution in [0.25, 0.3) is 6.08 Å². The van der Waals surface area contributed by atoms with Crippen molar-refractivity contribution < 1.29 is 18.3 Å². The van der Waals surface area contributed by atoms with Crippen LogP contribution in [0.15, 0.2) is 35.2 Å². The van der Waals surface area contributed by atoms with Crippen LogP contribution in [-0.4, -0.2) is 26.0 Å². The highest BCUT2D eigenvalue weighted by Crippen LogP contribution is 2.12. The van der Waals surface area contributed by atoms with Crippen molar-refractivity contribution in [1.29, 1.82) is 0 Å². The Balaban J connectivity index is 3.05. The van der Waals surface area contributed by atoms with Crippen LogP contribution in [0.2, 0.25) is 0 Å². The van der Waals surface area contributed by atoms with Crippen LogP contribution >= 0.6 is 0 Å². The van der Waals surface area contributed by atoms with Gasteiger partial charge in [0, 0.05) is 12.6 Å². The molecule has 0 saturated heterocycles. The highest BCUT2D eigenvalue weighted by atomic mass is 32.2. The minimum Gasteiger partial charge on any atom is -0.478 e. The van der Waals surface area contributed by atoms with E-state index in [0.29, 0.717) is 12.1 Å². The Morgan fingerprint density at radius 1 is 1.47 bits per heavy atom. The van der Waals surface area contributed by atoms with Gasteiger partial charge < -0.3 is 5.11 Å². The fourth-order valence-electron chi connectivity index (χ4n) is 1.23. The maximum absolute atomic E-state index is 11.7. The fourth-order valence-corrected chi connectivity index (χ4v) is 2.32. The van der Waals surface area contributed by atoms with Crippen molar-refractivity contribution in [3.63, 3.8) is 0 Å². The van der Waals surface area contributed by atoms with E-state index in [4.69, 9.17) is 5.11 Å². The molecule has 1 rings (SSSR count). The molecule has 0 saturated carbocycles. The quantitative estimate of drug-likeness (QED) is 0.771. The molecule has 0 aromatic heterocycles. The molecule has 17 heavy (non-hydrogen) atoms. The summed E-state index contributed by atoms with van der Waals surface area (Å²) in [5.41, 5.74) is 0.520. The zero-order chi connectivity index (χ0) is 12.9. The van der Waals surface area contributed by atoms with Gasteiger partial charge in [0.2, 0.25) is 10.0 Å². The number of benzene rings is 1. The molecular weight excluding hydrogens is 242 g/mol. The van der Waals surface area contributed by atoms with Crippen LogP contribution in [0.3, 0.4) is 0 Å². The molecule has 6 heteroatoms. The van der Waals surface area contributed by atoms with E-state index in [9.17, 15) is 13.2 Å². The number of carboxylic acids is 1. The molecule has 0 unspecified atom stereocenters. The Bertz CT molecular complexity index is 534. The topological polar surface area (TPSA) is 83.5 Å². The molecule has 0 atom stereocenters. The van der Waals surface area contributed by atoms with Crippen LogP contribution in [0.1, 0.15) is 12.5 Å². The number of carboxylic acid groups (broad SMARTS) is 1. The SMILES string of the molecule is CCNS(=O)(=O)c1cccc(C=CC(=O)O)c1. The molecule has 1 aromatic rings. The van der Waals surface area contributed by atoms with Gasteiger partial charge in [0.1, 0.15) is 0 Å². The molecule has 0 aliphatic carbocycles. The van der Waals surface area contributed by atoms with Crippen molar-refractivity contribution in [1.82, 2.24) is 4.72 Å². The van der Waals surface area contributed by atoms with E-state index in [1.165, 1.54) is 18.2 Å². The summed E-state index contributed by atoms with van der Waals surface area (Å²) >= 11 is 0. The maximum atomic E-state index is 11.7. The molecule has 5 nitrogen and oxygen atoms in total. The second-order valence-electron chi connectivity index (χ2n) is 3.25. The van der Waals surface area contributed by atoms with E-state index >= 15 is 0 Å². The van der Waals surface area contributed by atoms with Gasteiger partial charge in [0.25, 0.3) is 0 Å². The number of hydrogen-bond acceptors (Lipinski definition) is 3. The predicted molar refractivity (Wildman–Crippen MR) is 64.0 cm³/mol. The third-order valence-electron chi connectivity index (χ3n) is 1.92. The van der Waals surface area contributed by atoms with E-state index in [2.05, 4.69) is 4.72 Å². The van der Waals surface area contributed by atoms with Gasteiger partial charge in [-0.3, -0.25) is 0 Å². The summed E-state index contributed by atoms with van der Waals surface area (Å²) < 4.78 is 25.7. The number of rotatable bonds is 5. The van der Waals surface area contributed by atoms with Gasteiger partial charge in [0.05, 0.1) is 4.90 Å². The van der Waals surface area contributed by atoms with E-state index in [1.54, 1.807) is 19.1 Å². The van der Waals surface area contributed by atoms with Gasteiger partial charge in [-0.15, -0.1) is 0 Å². The molecule has 0 amide bonds. The zero-order valence-corrected chi connectivity index (χ0v) is 10.1. The number of nitrogens with one attached hydrogen (secondary N) is 1. The second-order valence-corrected chi connectivity index (χ2v) is 5.01.